The van der Waals surface area contributed by atoms with E-state index in [0.717, 1.165) is 39.2 Å². The molecule has 1 aliphatic heterocycles. The largest absolute Gasteiger partial charge is 0.390 e. The van der Waals surface area contributed by atoms with Crippen LogP contribution in [0.5, 0.6) is 0 Å². The average Bonchev–Trinajstić information content (AvgIpc) is 2.80. The zero-order valence-corrected chi connectivity index (χ0v) is 12.2. The topological polar surface area (TPSA) is 44.7 Å². The first kappa shape index (κ1) is 15.9. The molecule has 0 aliphatic carbocycles. The van der Waals surface area contributed by atoms with E-state index < -0.39 is 0 Å². The second-order valence-electron chi connectivity index (χ2n) is 5.69. The fourth-order valence-corrected chi connectivity index (χ4v) is 2.31. The molecule has 0 aromatic carbocycles. The molecule has 1 rings (SSSR count). The van der Waals surface area contributed by atoms with Gasteiger partial charge in [0.25, 0.3) is 0 Å². The summed E-state index contributed by atoms with van der Waals surface area (Å²) in [6, 6.07) is 0. The summed E-state index contributed by atoms with van der Waals surface area (Å²) in [4.78, 5) is 2.29. The Balaban J connectivity index is 2.15. The van der Waals surface area contributed by atoms with E-state index in [2.05, 4.69) is 31.0 Å². The van der Waals surface area contributed by atoms with Gasteiger partial charge in [-0.05, 0) is 31.8 Å². The van der Waals surface area contributed by atoms with Gasteiger partial charge >= 0.3 is 0 Å². The van der Waals surface area contributed by atoms with Gasteiger partial charge in [0.05, 0.1) is 12.2 Å². The van der Waals surface area contributed by atoms with Crippen molar-refractivity contribution < 1.29 is 9.84 Å². The molecule has 1 heterocycles. The molecule has 2 atom stereocenters. The number of rotatable bonds is 9. The molecule has 0 amide bonds. The summed E-state index contributed by atoms with van der Waals surface area (Å²) in [5.41, 5.74) is 0. The molecule has 4 heteroatoms. The fraction of sp³-hybridized carbons (Fsp3) is 1.00. The lowest BCUT2D eigenvalue weighted by Gasteiger charge is -2.26. The molecular weight excluding hydrogens is 228 g/mol. The first-order valence-corrected chi connectivity index (χ1v) is 7.34. The lowest BCUT2D eigenvalue weighted by atomic mass is 10.2. The minimum absolute atomic E-state index is 0.287. The molecule has 0 saturated carbocycles. The van der Waals surface area contributed by atoms with Gasteiger partial charge in [-0.25, -0.2) is 0 Å². The Hall–Kier alpha value is -0.160. The van der Waals surface area contributed by atoms with E-state index >= 15 is 0 Å². The Morgan fingerprint density at radius 2 is 2.17 bits per heavy atom. The number of nitrogens with one attached hydrogen (secondary N) is 1. The lowest BCUT2D eigenvalue weighted by molar-refractivity contribution is 0.0517. The fourth-order valence-electron chi connectivity index (χ4n) is 2.31. The van der Waals surface area contributed by atoms with E-state index in [0.29, 0.717) is 18.6 Å². The second kappa shape index (κ2) is 8.86. The molecular formula is C14H30N2O2. The number of hydrogen-bond donors (Lipinski definition) is 2. The zero-order chi connectivity index (χ0) is 13.4. The Morgan fingerprint density at radius 3 is 2.72 bits per heavy atom. The summed E-state index contributed by atoms with van der Waals surface area (Å²) >= 11 is 0. The van der Waals surface area contributed by atoms with Gasteiger partial charge in [-0.15, -0.1) is 0 Å². The summed E-state index contributed by atoms with van der Waals surface area (Å²) in [6.07, 6.45) is 2.43. The Bertz CT molecular complexity index is 206. The predicted molar refractivity (Wildman–Crippen MR) is 74.8 cm³/mol. The average molecular weight is 258 g/mol. The standard InChI is InChI=1S/C14H30N2O2/c1-4-16(11-14-6-5-7-18-14)10-13(17)9-15-8-12(2)3/h12-15,17H,4-11H2,1-3H3. The van der Waals surface area contributed by atoms with Crippen molar-refractivity contribution in [2.75, 3.05) is 39.3 Å². The molecule has 18 heavy (non-hydrogen) atoms. The van der Waals surface area contributed by atoms with Crippen molar-refractivity contribution in [3.8, 4) is 0 Å². The number of aliphatic hydroxyl groups is 1. The van der Waals surface area contributed by atoms with Gasteiger partial charge in [0.1, 0.15) is 0 Å². The summed E-state index contributed by atoms with van der Waals surface area (Å²) in [7, 11) is 0. The van der Waals surface area contributed by atoms with E-state index in [1.807, 2.05) is 0 Å². The molecule has 2 unspecified atom stereocenters. The first-order chi connectivity index (χ1) is 8.61. The minimum Gasteiger partial charge on any atom is -0.390 e. The highest BCUT2D eigenvalue weighted by Gasteiger charge is 2.19. The van der Waals surface area contributed by atoms with Crippen molar-refractivity contribution in [1.82, 2.24) is 10.2 Å². The first-order valence-electron chi connectivity index (χ1n) is 7.34. The maximum atomic E-state index is 9.99. The van der Waals surface area contributed by atoms with Crippen LogP contribution in [0.15, 0.2) is 0 Å². The van der Waals surface area contributed by atoms with Crippen molar-refractivity contribution in [2.45, 2.75) is 45.8 Å². The van der Waals surface area contributed by atoms with E-state index in [1.165, 1.54) is 6.42 Å². The molecule has 0 aromatic heterocycles. The van der Waals surface area contributed by atoms with Crippen LogP contribution in [-0.2, 0) is 4.74 Å². The molecule has 0 radical (unpaired) electrons. The highest BCUT2D eigenvalue weighted by molar-refractivity contribution is 4.73. The summed E-state index contributed by atoms with van der Waals surface area (Å²) in [5.74, 6) is 0.631. The van der Waals surface area contributed by atoms with Crippen LogP contribution in [0.25, 0.3) is 0 Å². The molecule has 0 bridgehead atoms. The number of nitrogens with zero attached hydrogens (tertiary/aromatic N) is 1. The molecule has 108 valence electrons. The van der Waals surface area contributed by atoms with Crippen molar-refractivity contribution >= 4 is 0 Å². The van der Waals surface area contributed by atoms with Crippen LogP contribution in [-0.4, -0.2) is 61.5 Å². The van der Waals surface area contributed by atoms with Crippen LogP contribution in [0.3, 0.4) is 0 Å². The Labute approximate surface area is 112 Å². The van der Waals surface area contributed by atoms with Crippen molar-refractivity contribution in [3.63, 3.8) is 0 Å². The Morgan fingerprint density at radius 1 is 1.39 bits per heavy atom. The van der Waals surface area contributed by atoms with Crippen molar-refractivity contribution in [1.29, 1.82) is 0 Å². The van der Waals surface area contributed by atoms with Crippen molar-refractivity contribution in [2.24, 2.45) is 5.92 Å². The van der Waals surface area contributed by atoms with Gasteiger partial charge in [-0.1, -0.05) is 20.8 Å². The lowest BCUT2D eigenvalue weighted by Crippen LogP contribution is -2.42. The number of hydrogen-bond acceptors (Lipinski definition) is 4. The third-order valence-corrected chi connectivity index (χ3v) is 3.33. The van der Waals surface area contributed by atoms with E-state index in [-0.39, 0.29) is 6.10 Å². The normalized spacial score (nSPS) is 22.0. The molecule has 1 saturated heterocycles. The van der Waals surface area contributed by atoms with Gasteiger partial charge in [0, 0.05) is 26.2 Å². The maximum absolute atomic E-state index is 9.99. The minimum atomic E-state index is -0.287. The molecule has 1 aliphatic rings. The third kappa shape index (κ3) is 6.69. The smallest absolute Gasteiger partial charge is 0.0791 e. The van der Waals surface area contributed by atoms with Gasteiger partial charge in [0.15, 0.2) is 0 Å². The van der Waals surface area contributed by atoms with Gasteiger partial charge in [-0.3, -0.25) is 4.90 Å². The quantitative estimate of drug-likeness (QED) is 0.650. The SMILES string of the molecule is CCN(CC(O)CNCC(C)C)CC1CCCO1. The monoisotopic (exact) mass is 258 g/mol. The molecule has 0 aromatic rings. The number of likely N-dealkylation sites (N-methyl/N-ethyl adjacent to an activating group) is 1. The molecule has 0 spiro atoms. The number of aliphatic hydroxyl groups excluding tert-OH is 1. The highest BCUT2D eigenvalue weighted by Crippen LogP contribution is 2.13. The van der Waals surface area contributed by atoms with Gasteiger partial charge < -0.3 is 15.2 Å². The highest BCUT2D eigenvalue weighted by atomic mass is 16.5. The maximum Gasteiger partial charge on any atom is 0.0791 e. The van der Waals surface area contributed by atoms with Crippen molar-refractivity contribution in [3.05, 3.63) is 0 Å². The van der Waals surface area contributed by atoms with Crippen LogP contribution in [0.4, 0.5) is 0 Å². The predicted octanol–water partition coefficient (Wildman–Crippen LogP) is 1.09. The Kier molecular flexibility index (Phi) is 7.82. The van der Waals surface area contributed by atoms with Crippen LogP contribution in [0.1, 0.15) is 33.6 Å². The van der Waals surface area contributed by atoms with Crippen LogP contribution in [0, 0.1) is 5.92 Å². The molecule has 2 N–H and O–H groups in total. The summed E-state index contributed by atoms with van der Waals surface area (Å²) < 4.78 is 5.64. The van der Waals surface area contributed by atoms with Crippen LogP contribution >= 0.6 is 0 Å². The number of ether oxygens (including phenoxy) is 1. The molecule has 4 nitrogen and oxygen atoms in total. The van der Waals surface area contributed by atoms with E-state index in [9.17, 15) is 5.11 Å². The molecule has 1 fully saturated rings. The van der Waals surface area contributed by atoms with E-state index in [1.54, 1.807) is 0 Å². The van der Waals surface area contributed by atoms with Gasteiger partial charge in [-0.2, -0.15) is 0 Å². The summed E-state index contributed by atoms with van der Waals surface area (Å²) in [6.45, 7) is 11.7. The summed E-state index contributed by atoms with van der Waals surface area (Å²) in [5, 5.41) is 13.3. The van der Waals surface area contributed by atoms with Crippen LogP contribution in [0.2, 0.25) is 0 Å². The van der Waals surface area contributed by atoms with Crippen LogP contribution < -0.4 is 5.32 Å². The third-order valence-electron chi connectivity index (χ3n) is 3.33. The van der Waals surface area contributed by atoms with E-state index in [4.69, 9.17) is 4.74 Å². The second-order valence-corrected chi connectivity index (χ2v) is 5.69. The zero-order valence-electron chi connectivity index (χ0n) is 12.2. The van der Waals surface area contributed by atoms with Gasteiger partial charge in [0.2, 0.25) is 0 Å².